The van der Waals surface area contributed by atoms with Crippen molar-refractivity contribution in [2.24, 2.45) is 11.8 Å². The van der Waals surface area contributed by atoms with E-state index in [0.29, 0.717) is 18.1 Å². The van der Waals surface area contributed by atoms with Crippen molar-refractivity contribution < 1.29 is 19.0 Å². The van der Waals surface area contributed by atoms with E-state index in [2.05, 4.69) is 5.32 Å². The molecular formula is C19H21NO4. The fourth-order valence-electron chi connectivity index (χ4n) is 3.91. The summed E-state index contributed by atoms with van der Waals surface area (Å²) in [7, 11) is 1.69. The summed E-state index contributed by atoms with van der Waals surface area (Å²) in [5.41, 5.74) is 1.50. The number of hydrogen-bond acceptors (Lipinski definition) is 4. The lowest BCUT2D eigenvalue weighted by Crippen LogP contribution is -2.62. The Balaban J connectivity index is 1.51. The van der Waals surface area contributed by atoms with Crippen LogP contribution in [0.15, 0.2) is 42.2 Å². The zero-order valence-corrected chi connectivity index (χ0v) is 13.6. The molecule has 1 saturated heterocycles. The number of carbonyl (C=O) groups is 1. The van der Waals surface area contributed by atoms with Crippen molar-refractivity contribution in [2.75, 3.05) is 20.3 Å². The molecule has 4 rings (SSSR count). The fraction of sp³-hybridized carbons (Fsp3) is 0.421. The van der Waals surface area contributed by atoms with Crippen LogP contribution in [0.4, 0.5) is 0 Å². The Bertz CT molecular complexity index is 696. The molecule has 0 spiro atoms. The Morgan fingerprint density at radius 1 is 1.38 bits per heavy atom. The third-order valence-corrected chi connectivity index (χ3v) is 5.12. The van der Waals surface area contributed by atoms with Crippen LogP contribution in [0.1, 0.15) is 12.0 Å². The number of methoxy groups -OCH3 is 1. The van der Waals surface area contributed by atoms with E-state index in [9.17, 15) is 4.79 Å². The number of carbonyl (C=O) groups excluding carboxylic acids is 1. The molecule has 1 aromatic carbocycles. The second kappa shape index (κ2) is 6.42. The van der Waals surface area contributed by atoms with Gasteiger partial charge in [-0.1, -0.05) is 18.2 Å². The number of rotatable bonds is 4. The molecule has 126 valence electrons. The van der Waals surface area contributed by atoms with Gasteiger partial charge in [-0.05, 0) is 24.6 Å². The van der Waals surface area contributed by atoms with Crippen LogP contribution >= 0.6 is 0 Å². The van der Waals surface area contributed by atoms with Gasteiger partial charge in [-0.2, -0.15) is 0 Å². The van der Waals surface area contributed by atoms with Crippen LogP contribution in [0.2, 0.25) is 0 Å². The first-order valence-corrected chi connectivity index (χ1v) is 8.33. The highest BCUT2D eigenvalue weighted by molar-refractivity contribution is 6.01. The van der Waals surface area contributed by atoms with Crippen molar-refractivity contribution in [3.63, 3.8) is 0 Å². The molecule has 2 fully saturated rings. The van der Waals surface area contributed by atoms with Gasteiger partial charge < -0.3 is 19.5 Å². The largest absolute Gasteiger partial charge is 0.464 e. The number of hydrogen-bond donors (Lipinski definition) is 1. The Hall–Kier alpha value is -2.11. The van der Waals surface area contributed by atoms with Crippen LogP contribution in [0.25, 0.3) is 6.08 Å². The van der Waals surface area contributed by atoms with Crippen molar-refractivity contribution in [1.82, 2.24) is 5.32 Å². The Kier molecular flexibility index (Phi) is 4.12. The third kappa shape index (κ3) is 2.64. The average molecular weight is 327 g/mol. The molecule has 2 heterocycles. The molecule has 24 heavy (non-hydrogen) atoms. The molecule has 0 unspecified atom stereocenters. The first-order chi connectivity index (χ1) is 11.8. The molecule has 0 radical (unpaired) electrons. The van der Waals surface area contributed by atoms with E-state index in [-0.39, 0.29) is 24.0 Å². The smallest absolute Gasteiger partial charge is 0.251 e. The number of para-hydroxylation sites is 1. The lowest BCUT2D eigenvalue weighted by Gasteiger charge is -2.47. The zero-order chi connectivity index (χ0) is 16.5. The maximum atomic E-state index is 12.7. The van der Waals surface area contributed by atoms with E-state index in [4.69, 9.17) is 14.2 Å². The van der Waals surface area contributed by atoms with E-state index in [0.717, 1.165) is 24.3 Å². The zero-order valence-electron chi connectivity index (χ0n) is 13.6. The van der Waals surface area contributed by atoms with Crippen molar-refractivity contribution in [1.29, 1.82) is 0 Å². The molecule has 5 heteroatoms. The standard InChI is InChI=1S/C19H21NO4/c1-22-11-15-17(14-7-9-24-18(14)15)20-19(21)13-6-8-23-16-5-3-2-4-12(16)10-13/h2-6,8,10,14-15,17-18H,7,9,11H2,1H3,(H,20,21)/t14-,15+,17+,18-/m0/s1. The normalized spacial score (nSPS) is 30.3. The molecule has 0 bridgehead atoms. The highest BCUT2D eigenvalue weighted by Gasteiger charge is 2.54. The second-order valence-corrected chi connectivity index (χ2v) is 6.46. The van der Waals surface area contributed by atoms with Crippen LogP contribution in [0.3, 0.4) is 0 Å². The van der Waals surface area contributed by atoms with Gasteiger partial charge in [-0.15, -0.1) is 0 Å². The fourth-order valence-corrected chi connectivity index (χ4v) is 3.91. The number of benzene rings is 1. The van der Waals surface area contributed by atoms with Gasteiger partial charge >= 0.3 is 0 Å². The van der Waals surface area contributed by atoms with Crippen LogP contribution in [0.5, 0.6) is 5.75 Å². The first-order valence-electron chi connectivity index (χ1n) is 8.33. The van der Waals surface area contributed by atoms with Crippen LogP contribution in [0, 0.1) is 11.8 Å². The Morgan fingerprint density at radius 2 is 2.25 bits per heavy atom. The quantitative estimate of drug-likeness (QED) is 0.920. The number of nitrogens with one attached hydrogen (secondary N) is 1. The van der Waals surface area contributed by atoms with Gasteiger partial charge in [0.2, 0.25) is 0 Å². The summed E-state index contributed by atoms with van der Waals surface area (Å²) in [6.07, 6.45) is 6.35. The van der Waals surface area contributed by atoms with Gasteiger partial charge in [0.15, 0.2) is 0 Å². The van der Waals surface area contributed by atoms with Gasteiger partial charge in [-0.3, -0.25) is 4.79 Å². The predicted molar refractivity (Wildman–Crippen MR) is 89.3 cm³/mol. The highest BCUT2D eigenvalue weighted by atomic mass is 16.5. The minimum atomic E-state index is -0.0805. The summed E-state index contributed by atoms with van der Waals surface area (Å²) < 4.78 is 16.6. The van der Waals surface area contributed by atoms with Crippen LogP contribution in [-0.4, -0.2) is 38.4 Å². The van der Waals surface area contributed by atoms with Gasteiger partial charge in [0, 0.05) is 42.7 Å². The molecule has 1 aromatic rings. The van der Waals surface area contributed by atoms with Crippen molar-refractivity contribution in [3.05, 3.63) is 47.7 Å². The summed E-state index contributed by atoms with van der Waals surface area (Å²) >= 11 is 0. The topological polar surface area (TPSA) is 56.8 Å². The van der Waals surface area contributed by atoms with Crippen LogP contribution < -0.4 is 10.1 Å². The lowest BCUT2D eigenvalue weighted by molar-refractivity contribution is -0.126. The summed E-state index contributed by atoms with van der Waals surface area (Å²) in [4.78, 5) is 12.7. The molecule has 1 amide bonds. The summed E-state index contributed by atoms with van der Waals surface area (Å²) in [5, 5.41) is 3.18. The number of amides is 1. The van der Waals surface area contributed by atoms with E-state index in [1.165, 1.54) is 0 Å². The van der Waals surface area contributed by atoms with Crippen molar-refractivity contribution in [2.45, 2.75) is 18.6 Å². The van der Waals surface area contributed by atoms with E-state index in [1.807, 2.05) is 30.3 Å². The Morgan fingerprint density at radius 3 is 3.12 bits per heavy atom. The first kappa shape index (κ1) is 15.4. The molecule has 3 aliphatic rings. The monoisotopic (exact) mass is 327 g/mol. The van der Waals surface area contributed by atoms with Crippen molar-refractivity contribution in [3.8, 4) is 5.75 Å². The maximum Gasteiger partial charge on any atom is 0.251 e. The predicted octanol–water partition coefficient (Wildman–Crippen LogP) is 2.14. The minimum Gasteiger partial charge on any atom is -0.464 e. The van der Waals surface area contributed by atoms with Gasteiger partial charge in [0.05, 0.1) is 19.0 Å². The summed E-state index contributed by atoms with van der Waals surface area (Å²) in [5.74, 6) is 1.29. The molecule has 1 N–H and O–H groups in total. The van der Waals surface area contributed by atoms with E-state index >= 15 is 0 Å². The molecule has 5 nitrogen and oxygen atoms in total. The molecule has 1 aliphatic carbocycles. The Labute approximate surface area is 141 Å². The number of fused-ring (bicyclic) bond motifs is 2. The van der Waals surface area contributed by atoms with E-state index in [1.54, 1.807) is 19.4 Å². The van der Waals surface area contributed by atoms with Gasteiger partial charge in [0.25, 0.3) is 5.91 Å². The van der Waals surface area contributed by atoms with Crippen molar-refractivity contribution >= 4 is 12.0 Å². The molecule has 0 aromatic heterocycles. The molecule has 4 atom stereocenters. The summed E-state index contributed by atoms with van der Waals surface area (Å²) in [6.45, 7) is 1.37. The van der Waals surface area contributed by atoms with Gasteiger partial charge in [-0.25, -0.2) is 0 Å². The maximum absolute atomic E-state index is 12.7. The van der Waals surface area contributed by atoms with E-state index < -0.39 is 0 Å². The molecule has 1 saturated carbocycles. The molecular weight excluding hydrogens is 306 g/mol. The van der Waals surface area contributed by atoms with Gasteiger partial charge in [0.1, 0.15) is 5.75 Å². The summed E-state index contributed by atoms with van der Waals surface area (Å²) in [6, 6.07) is 7.78. The third-order valence-electron chi connectivity index (χ3n) is 5.12. The van der Waals surface area contributed by atoms with Crippen LogP contribution in [-0.2, 0) is 14.3 Å². The second-order valence-electron chi connectivity index (χ2n) is 6.46. The minimum absolute atomic E-state index is 0.0805. The molecule has 2 aliphatic heterocycles. The number of ether oxygens (including phenoxy) is 3. The lowest BCUT2D eigenvalue weighted by atomic mass is 9.67. The average Bonchev–Trinajstić information content (AvgIpc) is 2.89. The highest BCUT2D eigenvalue weighted by Crippen LogP contribution is 2.43. The SMILES string of the molecule is COC[C@@H]1[C@H](NC(=O)C2=Cc3ccccc3OC=C2)[C@@H]2CCO[C@H]12.